The van der Waals surface area contributed by atoms with Gasteiger partial charge in [0.2, 0.25) is 5.67 Å². The highest BCUT2D eigenvalue weighted by Crippen LogP contribution is 2.42. The first-order valence-electron chi connectivity index (χ1n) is 6.16. The Labute approximate surface area is 110 Å². The second kappa shape index (κ2) is 4.19. The predicted octanol–water partition coefficient (Wildman–Crippen LogP) is 3.32. The number of fused-ring (bicyclic) bond motifs is 1. The van der Waals surface area contributed by atoms with Gasteiger partial charge >= 0.3 is 5.97 Å². The van der Waals surface area contributed by atoms with Crippen LogP contribution in [0.5, 0.6) is 5.75 Å². The third-order valence-corrected chi connectivity index (χ3v) is 3.41. The SMILES string of the molecule is Cc1ccc(CC2(F)C(=O)Oc3ccccc32)cc1. The second-order valence-electron chi connectivity index (χ2n) is 4.85. The number of benzene rings is 2. The molecule has 2 nitrogen and oxygen atoms in total. The van der Waals surface area contributed by atoms with Gasteiger partial charge in [-0.2, -0.15) is 0 Å². The number of alkyl halides is 1. The van der Waals surface area contributed by atoms with Crippen LogP contribution in [0.3, 0.4) is 0 Å². The molecule has 0 saturated carbocycles. The Morgan fingerprint density at radius 1 is 1.11 bits per heavy atom. The zero-order valence-electron chi connectivity index (χ0n) is 10.5. The number of esters is 1. The Bertz CT molecular complexity index is 633. The molecule has 0 spiro atoms. The van der Waals surface area contributed by atoms with Gasteiger partial charge in [-0.3, -0.25) is 0 Å². The quantitative estimate of drug-likeness (QED) is 0.608. The highest BCUT2D eigenvalue weighted by atomic mass is 19.1. The van der Waals surface area contributed by atoms with Crippen LogP contribution in [0.25, 0.3) is 0 Å². The van der Waals surface area contributed by atoms with Gasteiger partial charge in [-0.15, -0.1) is 0 Å². The van der Waals surface area contributed by atoms with Crippen molar-refractivity contribution in [3.05, 3.63) is 65.2 Å². The lowest BCUT2D eigenvalue weighted by atomic mass is 9.90. The van der Waals surface area contributed by atoms with Gasteiger partial charge in [-0.25, -0.2) is 9.18 Å². The monoisotopic (exact) mass is 256 g/mol. The molecule has 0 aromatic heterocycles. The summed E-state index contributed by atoms with van der Waals surface area (Å²) >= 11 is 0. The van der Waals surface area contributed by atoms with Crippen molar-refractivity contribution in [1.82, 2.24) is 0 Å². The molecule has 2 aromatic carbocycles. The van der Waals surface area contributed by atoms with E-state index in [9.17, 15) is 4.79 Å². The lowest BCUT2D eigenvalue weighted by molar-refractivity contribution is -0.144. The molecule has 0 saturated heterocycles. The minimum absolute atomic E-state index is 0.00310. The molecule has 0 aliphatic carbocycles. The average molecular weight is 256 g/mol. The van der Waals surface area contributed by atoms with Crippen LogP contribution in [0, 0.1) is 6.92 Å². The first-order chi connectivity index (χ1) is 9.09. The van der Waals surface area contributed by atoms with Gasteiger partial charge < -0.3 is 4.74 Å². The molecular weight excluding hydrogens is 243 g/mol. The van der Waals surface area contributed by atoms with Gasteiger partial charge in [0.05, 0.1) is 0 Å². The molecule has 2 aromatic rings. The fourth-order valence-electron chi connectivity index (χ4n) is 2.33. The van der Waals surface area contributed by atoms with Gasteiger partial charge in [0, 0.05) is 12.0 Å². The van der Waals surface area contributed by atoms with Crippen molar-refractivity contribution >= 4 is 5.97 Å². The third kappa shape index (κ3) is 1.91. The van der Waals surface area contributed by atoms with Crippen LogP contribution < -0.4 is 4.74 Å². The molecule has 0 N–H and O–H groups in total. The number of carbonyl (C=O) groups excluding carboxylic acids is 1. The molecule has 3 rings (SSSR count). The number of carbonyl (C=O) groups is 1. The summed E-state index contributed by atoms with van der Waals surface area (Å²) in [4.78, 5) is 11.8. The van der Waals surface area contributed by atoms with E-state index in [-0.39, 0.29) is 6.42 Å². The molecule has 0 bridgehead atoms. The minimum atomic E-state index is -2.08. The van der Waals surface area contributed by atoms with E-state index >= 15 is 4.39 Å². The highest BCUT2D eigenvalue weighted by Gasteiger charge is 2.49. The number of rotatable bonds is 2. The summed E-state index contributed by atoms with van der Waals surface area (Å²) in [6.45, 7) is 1.97. The lowest BCUT2D eigenvalue weighted by Gasteiger charge is -2.16. The third-order valence-electron chi connectivity index (χ3n) is 3.41. The summed E-state index contributed by atoms with van der Waals surface area (Å²) in [5, 5.41) is 0. The summed E-state index contributed by atoms with van der Waals surface area (Å²) in [5.41, 5.74) is 0.125. The van der Waals surface area contributed by atoms with Crippen LogP contribution >= 0.6 is 0 Å². The standard InChI is InChI=1S/C16H13FO2/c1-11-6-8-12(9-7-11)10-16(17)13-4-2-3-5-14(13)19-15(16)18/h2-9H,10H2,1H3. The first-order valence-corrected chi connectivity index (χ1v) is 6.16. The van der Waals surface area contributed by atoms with E-state index in [4.69, 9.17) is 4.74 Å². The topological polar surface area (TPSA) is 26.3 Å². The molecule has 1 aliphatic rings. The predicted molar refractivity (Wildman–Crippen MR) is 69.7 cm³/mol. The van der Waals surface area contributed by atoms with Gasteiger partial charge in [-0.1, -0.05) is 48.0 Å². The van der Waals surface area contributed by atoms with E-state index in [1.807, 2.05) is 31.2 Å². The van der Waals surface area contributed by atoms with Crippen molar-refractivity contribution in [2.75, 3.05) is 0 Å². The Kier molecular flexibility index (Phi) is 2.63. The molecule has 0 amide bonds. The van der Waals surface area contributed by atoms with Crippen LogP contribution in [0.2, 0.25) is 0 Å². The Morgan fingerprint density at radius 3 is 2.53 bits per heavy atom. The van der Waals surface area contributed by atoms with Gasteiger partial charge in [0.25, 0.3) is 0 Å². The maximum absolute atomic E-state index is 15.0. The van der Waals surface area contributed by atoms with E-state index in [0.29, 0.717) is 11.3 Å². The smallest absolute Gasteiger partial charge is 0.354 e. The molecule has 19 heavy (non-hydrogen) atoms. The Morgan fingerprint density at radius 2 is 1.79 bits per heavy atom. The molecule has 1 atom stereocenters. The summed E-state index contributed by atoms with van der Waals surface area (Å²) in [7, 11) is 0. The summed E-state index contributed by atoms with van der Waals surface area (Å²) in [6, 6.07) is 14.2. The van der Waals surface area contributed by atoms with Crippen LogP contribution in [-0.2, 0) is 16.9 Å². The van der Waals surface area contributed by atoms with Crippen molar-refractivity contribution < 1.29 is 13.9 Å². The maximum atomic E-state index is 15.0. The first kappa shape index (κ1) is 11.9. The number of para-hydroxylation sites is 1. The molecule has 3 heteroatoms. The summed E-state index contributed by atoms with van der Waals surface area (Å²) in [6.07, 6.45) is 0.00310. The van der Waals surface area contributed by atoms with Crippen molar-refractivity contribution in [3.63, 3.8) is 0 Å². The van der Waals surface area contributed by atoms with E-state index in [2.05, 4.69) is 0 Å². The zero-order chi connectivity index (χ0) is 13.5. The van der Waals surface area contributed by atoms with Gasteiger partial charge in [0.15, 0.2) is 0 Å². The summed E-state index contributed by atoms with van der Waals surface area (Å²) < 4.78 is 20.0. The molecular formula is C16H13FO2. The maximum Gasteiger partial charge on any atom is 0.354 e. The van der Waals surface area contributed by atoms with E-state index in [1.165, 1.54) is 0 Å². The van der Waals surface area contributed by atoms with Crippen LogP contribution in [0.15, 0.2) is 48.5 Å². The van der Waals surface area contributed by atoms with Crippen LogP contribution in [-0.4, -0.2) is 5.97 Å². The number of ether oxygens (including phenoxy) is 1. The average Bonchev–Trinajstić information content (AvgIpc) is 2.65. The van der Waals surface area contributed by atoms with E-state index in [1.54, 1.807) is 24.3 Å². The van der Waals surface area contributed by atoms with Crippen LogP contribution in [0.1, 0.15) is 16.7 Å². The number of aryl methyl sites for hydroxylation is 1. The zero-order valence-corrected chi connectivity index (χ0v) is 10.5. The van der Waals surface area contributed by atoms with Crippen molar-refractivity contribution in [2.24, 2.45) is 0 Å². The van der Waals surface area contributed by atoms with E-state index < -0.39 is 11.6 Å². The minimum Gasteiger partial charge on any atom is -0.423 e. The molecule has 1 unspecified atom stereocenters. The Hall–Kier alpha value is -2.16. The largest absolute Gasteiger partial charge is 0.423 e. The van der Waals surface area contributed by atoms with Gasteiger partial charge in [0.1, 0.15) is 5.75 Å². The fraction of sp³-hybridized carbons (Fsp3) is 0.188. The number of halogens is 1. The van der Waals surface area contributed by atoms with Crippen molar-refractivity contribution in [1.29, 1.82) is 0 Å². The fourth-order valence-corrected chi connectivity index (χ4v) is 2.33. The molecule has 96 valence electrons. The molecule has 1 aliphatic heterocycles. The normalized spacial score (nSPS) is 21.1. The molecule has 1 heterocycles. The highest BCUT2D eigenvalue weighted by molar-refractivity contribution is 5.89. The number of hydrogen-bond donors (Lipinski definition) is 0. The second-order valence-corrected chi connectivity index (χ2v) is 4.85. The van der Waals surface area contributed by atoms with Crippen molar-refractivity contribution in [3.8, 4) is 5.75 Å². The molecule has 0 fully saturated rings. The summed E-state index contributed by atoms with van der Waals surface area (Å²) in [5.74, 6) is -0.503. The lowest BCUT2D eigenvalue weighted by Crippen LogP contribution is -2.31. The number of hydrogen-bond acceptors (Lipinski definition) is 2. The van der Waals surface area contributed by atoms with Crippen LogP contribution in [0.4, 0.5) is 4.39 Å². The van der Waals surface area contributed by atoms with E-state index in [0.717, 1.165) is 11.1 Å². The van der Waals surface area contributed by atoms with Crippen molar-refractivity contribution in [2.45, 2.75) is 19.0 Å². The van der Waals surface area contributed by atoms with Gasteiger partial charge in [-0.05, 0) is 18.6 Å². The molecule has 0 radical (unpaired) electrons. The Balaban J connectivity index is 1.99.